The van der Waals surface area contributed by atoms with Crippen LogP contribution in [-0.4, -0.2) is 18.9 Å². The van der Waals surface area contributed by atoms with Crippen LogP contribution in [0.3, 0.4) is 0 Å². The van der Waals surface area contributed by atoms with Crippen molar-refractivity contribution in [2.24, 2.45) is 0 Å². The van der Waals surface area contributed by atoms with E-state index in [9.17, 15) is 9.36 Å². The van der Waals surface area contributed by atoms with Crippen LogP contribution in [0, 0.1) is 0 Å². The Labute approximate surface area is 162 Å². The van der Waals surface area contributed by atoms with Gasteiger partial charge in [-0.05, 0) is 12.8 Å². The van der Waals surface area contributed by atoms with E-state index in [2.05, 4.69) is 13.8 Å². The van der Waals surface area contributed by atoms with Gasteiger partial charge in [0.25, 0.3) is 0 Å². The molecule has 5 nitrogen and oxygen atoms in total. The van der Waals surface area contributed by atoms with Crippen molar-refractivity contribution in [1.29, 1.82) is 0 Å². The van der Waals surface area contributed by atoms with Gasteiger partial charge >= 0.3 is 41.9 Å². The molecule has 0 spiro atoms. The van der Waals surface area contributed by atoms with Crippen LogP contribution in [0.25, 0.3) is 0 Å². The molecule has 0 aromatic carbocycles. The minimum absolute atomic E-state index is 0. The van der Waals surface area contributed by atoms with Crippen molar-refractivity contribution >= 4 is 14.2 Å². The number of rotatable bonds is 15. The van der Waals surface area contributed by atoms with Crippen molar-refractivity contribution in [2.75, 3.05) is 6.61 Å². The molecule has 23 heavy (non-hydrogen) atoms. The fourth-order valence-corrected chi connectivity index (χ4v) is 2.83. The maximum atomic E-state index is 11.8. The number of hydrogen-bond donors (Lipinski definition) is 0. The maximum Gasteiger partial charge on any atom is 2.00 e. The summed E-state index contributed by atoms with van der Waals surface area (Å²) < 4.78 is 27.3. The van der Waals surface area contributed by atoms with Gasteiger partial charge in [0.05, 0.1) is 6.61 Å². The zero-order chi connectivity index (χ0) is 16.6. The average molecular weight is 537 g/mol. The van der Waals surface area contributed by atoms with Gasteiger partial charge in [-0.15, -0.1) is 0 Å². The first-order chi connectivity index (χ1) is 10.6. The minimum atomic E-state index is -2.60. The van der Waals surface area contributed by atoms with E-state index in [1.807, 2.05) is 0 Å². The number of hydrogen-bond acceptors (Lipinski definition) is 5. The molecule has 0 fully saturated rings. The summed E-state index contributed by atoms with van der Waals surface area (Å²) in [5.74, 6) is -0.421. The van der Waals surface area contributed by atoms with Crippen molar-refractivity contribution in [2.45, 2.75) is 91.3 Å². The van der Waals surface area contributed by atoms with Gasteiger partial charge in [-0.3, -0.25) is 13.9 Å². The largest absolute Gasteiger partial charge is 2.00 e. The zero-order valence-electron chi connectivity index (χ0n) is 15.1. The fraction of sp³-hybridized carbons (Fsp3) is 0.938. The second kappa shape index (κ2) is 18.9. The first-order valence-electron chi connectivity index (χ1n) is 8.60. The second-order valence-electron chi connectivity index (χ2n) is 5.52. The molecule has 0 radical (unpaired) electrons. The number of ether oxygens (including phenoxy) is 1. The number of unbranched alkanes of at least 4 members (excludes halogenated alkanes) is 7. The smallest absolute Gasteiger partial charge is 0.435 e. The summed E-state index contributed by atoms with van der Waals surface area (Å²) >= 11 is 0. The molecular formula is C16H33HgO5P+2. The normalized spacial score (nSPS) is 13.2. The summed E-state index contributed by atoms with van der Waals surface area (Å²) in [4.78, 5) is 11.1. The van der Waals surface area contributed by atoms with Crippen molar-refractivity contribution < 1.29 is 50.8 Å². The van der Waals surface area contributed by atoms with Crippen molar-refractivity contribution in [3.05, 3.63) is 0 Å². The molecule has 0 N–H and O–H groups in total. The van der Waals surface area contributed by atoms with E-state index in [0.29, 0.717) is 13.0 Å². The molecule has 0 amide bonds. The molecule has 0 aliphatic heterocycles. The number of carbonyl (C=O) groups excluding carboxylic acids is 1. The van der Waals surface area contributed by atoms with E-state index in [0.717, 1.165) is 38.5 Å². The third kappa shape index (κ3) is 18.7. The second-order valence-corrected chi connectivity index (χ2v) is 6.54. The summed E-state index contributed by atoms with van der Waals surface area (Å²) in [6.45, 7) is 6.06. The van der Waals surface area contributed by atoms with Gasteiger partial charge in [0.15, 0.2) is 0 Å². The monoisotopic (exact) mass is 538 g/mol. The van der Waals surface area contributed by atoms with E-state index in [4.69, 9.17) is 13.8 Å². The SMILES string of the molecule is CCCCCCCO[PH](=O)OC(CCCCCC)OC(C)=O.[Hg+2]. The molecular weight excluding hydrogens is 504 g/mol. The Morgan fingerprint density at radius 3 is 2.09 bits per heavy atom. The molecule has 0 aromatic rings. The van der Waals surface area contributed by atoms with Crippen LogP contribution in [0.4, 0.5) is 0 Å². The molecule has 0 heterocycles. The summed E-state index contributed by atoms with van der Waals surface area (Å²) in [5.41, 5.74) is 0. The van der Waals surface area contributed by atoms with Gasteiger partial charge in [-0.25, -0.2) is 0 Å². The molecule has 0 aromatic heterocycles. The first kappa shape index (κ1) is 25.8. The summed E-state index contributed by atoms with van der Waals surface area (Å²) in [6, 6.07) is 0. The van der Waals surface area contributed by atoms with E-state index >= 15 is 0 Å². The number of esters is 1. The van der Waals surface area contributed by atoms with Crippen LogP contribution in [0.1, 0.15) is 85.0 Å². The molecule has 7 heteroatoms. The summed E-state index contributed by atoms with van der Waals surface area (Å²) in [7, 11) is -2.60. The summed E-state index contributed by atoms with van der Waals surface area (Å²) in [6.07, 6.45) is 9.58. The molecule has 2 atom stereocenters. The zero-order valence-corrected chi connectivity index (χ0v) is 21.6. The van der Waals surface area contributed by atoms with E-state index in [1.54, 1.807) is 0 Å². The molecule has 0 rings (SSSR count). The Bertz CT molecular complexity index is 302. The minimum Gasteiger partial charge on any atom is -0.435 e. The van der Waals surface area contributed by atoms with Gasteiger partial charge in [-0.2, -0.15) is 0 Å². The third-order valence-electron chi connectivity index (χ3n) is 3.29. The third-order valence-corrected chi connectivity index (χ3v) is 4.18. The van der Waals surface area contributed by atoms with Crippen LogP contribution in [0.5, 0.6) is 0 Å². The van der Waals surface area contributed by atoms with Crippen LogP contribution in [0.15, 0.2) is 0 Å². The molecule has 0 saturated carbocycles. The Kier molecular flexibility index (Phi) is 21.2. The predicted molar refractivity (Wildman–Crippen MR) is 89.1 cm³/mol. The Morgan fingerprint density at radius 2 is 1.52 bits per heavy atom. The van der Waals surface area contributed by atoms with Gasteiger partial charge in [-0.1, -0.05) is 58.8 Å². The van der Waals surface area contributed by atoms with Crippen LogP contribution >= 0.6 is 8.25 Å². The summed E-state index contributed by atoms with van der Waals surface area (Å²) in [5, 5.41) is 0. The van der Waals surface area contributed by atoms with Crippen molar-refractivity contribution in [3.63, 3.8) is 0 Å². The maximum absolute atomic E-state index is 11.8. The molecule has 0 aliphatic rings. The van der Waals surface area contributed by atoms with Gasteiger partial charge in [0.1, 0.15) is 0 Å². The molecule has 0 aliphatic carbocycles. The van der Waals surface area contributed by atoms with Crippen LogP contribution < -0.4 is 0 Å². The van der Waals surface area contributed by atoms with Crippen molar-refractivity contribution in [3.8, 4) is 0 Å². The average Bonchev–Trinajstić information content (AvgIpc) is 2.46. The van der Waals surface area contributed by atoms with E-state index in [1.165, 1.54) is 26.2 Å². The standard InChI is InChI=1S/C16H33O5P.Hg/c1-4-6-8-10-12-14-19-22(18)21-16(20-15(3)17)13-11-9-7-5-2;/h16,22H,4-14H2,1-3H3;/q;+2. The van der Waals surface area contributed by atoms with Gasteiger partial charge in [0.2, 0.25) is 6.29 Å². The quantitative estimate of drug-likeness (QED) is 0.0942. The van der Waals surface area contributed by atoms with Gasteiger partial charge in [0, 0.05) is 13.3 Å². The van der Waals surface area contributed by atoms with E-state index in [-0.39, 0.29) is 27.7 Å². The Balaban J connectivity index is 0. The fourth-order valence-electron chi connectivity index (χ4n) is 2.07. The topological polar surface area (TPSA) is 61.8 Å². The van der Waals surface area contributed by atoms with Crippen LogP contribution in [-0.2, 0) is 50.8 Å². The predicted octanol–water partition coefficient (Wildman–Crippen LogP) is 5.24. The van der Waals surface area contributed by atoms with Crippen LogP contribution in [0.2, 0.25) is 0 Å². The Morgan fingerprint density at radius 1 is 0.957 bits per heavy atom. The first-order valence-corrected chi connectivity index (χ1v) is 9.83. The Hall–Kier alpha value is 0.555. The van der Waals surface area contributed by atoms with Gasteiger partial charge < -0.3 is 9.26 Å². The molecule has 0 saturated heterocycles. The number of carbonyl (C=O) groups is 1. The van der Waals surface area contributed by atoms with E-state index < -0.39 is 20.5 Å². The molecule has 0 bridgehead atoms. The van der Waals surface area contributed by atoms with Crippen molar-refractivity contribution in [1.82, 2.24) is 0 Å². The molecule has 132 valence electrons. The molecule has 2 unspecified atom stereocenters.